The molecule has 1 fully saturated rings. The molecule has 1 aromatic carbocycles. The molecule has 2 aliphatic heterocycles. The van der Waals surface area contributed by atoms with Gasteiger partial charge in [0.1, 0.15) is 30.0 Å². The van der Waals surface area contributed by atoms with Crippen LogP contribution in [0.15, 0.2) is 35.9 Å². The summed E-state index contributed by atoms with van der Waals surface area (Å²) in [6, 6.07) is 6.04. The first-order valence-electron chi connectivity index (χ1n) is 15.8. The van der Waals surface area contributed by atoms with Gasteiger partial charge in [0, 0.05) is 67.3 Å². The minimum Gasteiger partial charge on any atom is -0.457 e. The van der Waals surface area contributed by atoms with Crippen LogP contribution in [-0.2, 0) is 67.7 Å². The number of anilines is 1. The second kappa shape index (κ2) is 21.9. The van der Waals surface area contributed by atoms with Crippen molar-refractivity contribution >= 4 is 29.6 Å². The third kappa shape index (κ3) is 12.7. The minimum atomic E-state index is -1.85. The molecule has 52 heavy (non-hydrogen) atoms. The fraction of sp³-hybridized carbons (Fsp3) is 0.641. The first-order chi connectivity index (χ1) is 21.8. The van der Waals surface area contributed by atoms with E-state index in [2.05, 4.69) is 11.4 Å². The Morgan fingerprint density at radius 2 is 1.73 bits per heavy atom. The molecule has 0 aromatic heterocycles. The number of nitrogens with one attached hydrogen (secondary N) is 1. The van der Waals surface area contributed by atoms with E-state index in [9.17, 15) is 29.4 Å². The summed E-state index contributed by atoms with van der Waals surface area (Å²) in [5.74, 6) is -2.96. The Bertz CT molecular complexity index is 1420. The molecule has 295 valence electrons. The van der Waals surface area contributed by atoms with Crippen LogP contribution < -0.4 is 10.2 Å². The minimum absolute atomic E-state index is 0. The van der Waals surface area contributed by atoms with Gasteiger partial charge >= 0.3 is 12.1 Å². The third-order valence-electron chi connectivity index (χ3n) is 9.73. The monoisotopic (exact) mass is 809 g/mol. The van der Waals surface area contributed by atoms with Crippen LogP contribution in [0.25, 0.3) is 0 Å². The van der Waals surface area contributed by atoms with Gasteiger partial charge in [0.15, 0.2) is 5.72 Å². The van der Waals surface area contributed by atoms with Crippen LogP contribution in [0.1, 0.15) is 95.2 Å². The van der Waals surface area contributed by atoms with Crippen LogP contribution in [-0.4, -0.2) is 95.9 Å². The number of allylic oxidation sites excluding steroid dienone is 3. The Morgan fingerprint density at radius 3 is 2.29 bits per heavy atom. The number of esters is 1. The van der Waals surface area contributed by atoms with Crippen molar-refractivity contribution in [1.82, 2.24) is 10.2 Å². The maximum atomic E-state index is 13.8. The summed E-state index contributed by atoms with van der Waals surface area (Å²) in [5.41, 5.74) is -0.452. The van der Waals surface area contributed by atoms with Gasteiger partial charge in [-0.25, -0.2) is 9.59 Å². The number of amides is 3. The van der Waals surface area contributed by atoms with E-state index in [-0.39, 0.29) is 74.7 Å². The molecule has 0 spiro atoms. The number of aliphatic hydroxyl groups is 2. The molecule has 3 N–H and O–H groups in total. The Labute approximate surface area is 338 Å². The van der Waals surface area contributed by atoms with Crippen molar-refractivity contribution in [3.8, 4) is 0 Å². The Kier molecular flexibility index (Phi) is 22.6. The largest absolute Gasteiger partial charge is 0.457 e. The topological polar surface area (TPSA) is 155 Å². The molecule has 0 saturated carbocycles. The SMILES string of the molecule is C.C.C.C.CO[C@@H]1/C=C/C=C(\C)Cc2cc(C)[c-]c(c2)N(C)C(=O)C[C@H](OC(=O)C(C)N(C)C(C)=O)C(C)(O)C(C)[C@H](C)C2C[C@@]1(O)NC(=O)O2.[Y]. The van der Waals surface area contributed by atoms with Crippen LogP contribution >= 0.6 is 0 Å². The molecule has 1 saturated heterocycles. The van der Waals surface area contributed by atoms with Crippen molar-refractivity contribution < 1.29 is 76.3 Å². The fourth-order valence-electron chi connectivity index (χ4n) is 6.02. The van der Waals surface area contributed by atoms with E-state index in [0.29, 0.717) is 12.1 Å². The number of rotatable bonds is 4. The number of likely N-dealkylation sites (N-methyl/N-ethyl adjacent to an activating group) is 1. The number of methoxy groups -OCH3 is 1. The number of alkyl carbamates (subject to hydrolysis) is 1. The van der Waals surface area contributed by atoms with Crippen molar-refractivity contribution in [1.29, 1.82) is 0 Å². The first-order valence-corrected chi connectivity index (χ1v) is 15.8. The average molecular weight is 810 g/mol. The number of hydrogen-bond donors (Lipinski definition) is 3. The maximum Gasteiger partial charge on any atom is 0.409 e. The van der Waals surface area contributed by atoms with Gasteiger partial charge in [0.25, 0.3) is 0 Å². The van der Waals surface area contributed by atoms with E-state index in [1.807, 2.05) is 32.1 Å². The number of ether oxygens (including phenoxy) is 3. The second-order valence-electron chi connectivity index (χ2n) is 13.2. The second-order valence-corrected chi connectivity index (χ2v) is 13.2. The van der Waals surface area contributed by atoms with Gasteiger partial charge in [-0.15, -0.1) is 6.07 Å². The smallest absolute Gasteiger partial charge is 0.409 e. The van der Waals surface area contributed by atoms with Gasteiger partial charge in [0.2, 0.25) is 11.8 Å². The summed E-state index contributed by atoms with van der Waals surface area (Å²) in [5, 5.41) is 26.3. The molecule has 0 aliphatic carbocycles. The summed E-state index contributed by atoms with van der Waals surface area (Å²) in [4.78, 5) is 54.5. The maximum absolute atomic E-state index is 13.8. The molecular formula is C39H66N3O9Y-. The summed E-state index contributed by atoms with van der Waals surface area (Å²) in [6.07, 6.45) is 1.30. The van der Waals surface area contributed by atoms with E-state index < -0.39 is 71.9 Å². The average Bonchev–Trinajstić information content (AvgIpc) is 2.99. The molecule has 2 heterocycles. The quantitative estimate of drug-likeness (QED) is 0.255. The van der Waals surface area contributed by atoms with Gasteiger partial charge in [0.05, 0.1) is 6.42 Å². The van der Waals surface area contributed by atoms with Gasteiger partial charge in [-0.3, -0.25) is 14.9 Å². The van der Waals surface area contributed by atoms with E-state index in [4.69, 9.17) is 14.2 Å². The Morgan fingerprint density at radius 1 is 1.13 bits per heavy atom. The van der Waals surface area contributed by atoms with Gasteiger partial charge in [-0.05, 0) is 39.0 Å². The van der Waals surface area contributed by atoms with Crippen LogP contribution in [0, 0.1) is 24.8 Å². The Hall–Kier alpha value is -2.64. The summed E-state index contributed by atoms with van der Waals surface area (Å²) < 4.78 is 17.1. The molecule has 1 radical (unpaired) electrons. The summed E-state index contributed by atoms with van der Waals surface area (Å²) >= 11 is 0. The molecular weight excluding hydrogens is 743 g/mol. The van der Waals surface area contributed by atoms with Crippen molar-refractivity contribution in [2.24, 2.45) is 11.8 Å². The van der Waals surface area contributed by atoms with E-state index in [1.165, 1.54) is 44.7 Å². The molecule has 2 aliphatic rings. The molecule has 12 nitrogen and oxygen atoms in total. The number of fused-ring (bicyclic) bond motifs is 4. The van der Waals surface area contributed by atoms with Gasteiger partial charge < -0.3 is 34.2 Å². The third-order valence-corrected chi connectivity index (χ3v) is 9.73. The summed E-state index contributed by atoms with van der Waals surface area (Å²) in [7, 11) is 4.48. The predicted octanol–water partition coefficient (Wildman–Crippen LogP) is 5.75. The number of nitrogens with zero attached hydrogens (tertiary/aromatic N) is 2. The Balaban J connectivity index is -0.00000480. The van der Waals surface area contributed by atoms with E-state index in [0.717, 1.165) is 16.7 Å². The zero-order chi connectivity index (χ0) is 35.4. The first kappa shape index (κ1) is 53.7. The standard InChI is InChI=1S/C35H50N3O9.4CH4.Y/c1-20-12-11-13-29(45-10)35(44)19-28(46-33(42)36-35)22(3)23(4)34(7,43)30(47-32(41)24(5)37(8)25(6)39)18-31(40)38(9)27-16-21(2)15-26(14-20)17-27;;;;;/h11-13,15,17,22-24,28-30,43-44H,14,18-19H2,1-10H3,(H,36,42);4*1H4;/q-1;;;;;/b13-11+,20-12+;;;;;/t22-,23?,24?,28?,29+,30-,34?,35-;;;;;/m0...../s1. The fourth-order valence-corrected chi connectivity index (χ4v) is 6.02. The molecule has 1 aromatic rings. The molecule has 13 heteroatoms. The van der Waals surface area contributed by atoms with Crippen molar-refractivity contribution in [3.63, 3.8) is 0 Å². The predicted molar refractivity (Wildman–Crippen MR) is 202 cm³/mol. The zero-order valence-electron chi connectivity index (χ0n) is 29.7. The number of benzene rings is 1. The van der Waals surface area contributed by atoms with Gasteiger partial charge in [-0.1, -0.05) is 80.0 Å². The number of carbonyl (C=O) groups is 4. The molecule has 4 bridgehead atoms. The van der Waals surface area contributed by atoms with Crippen molar-refractivity contribution in [2.45, 2.75) is 133 Å². The molecule has 4 unspecified atom stereocenters. The van der Waals surface area contributed by atoms with Gasteiger partial charge in [-0.2, -0.15) is 23.3 Å². The zero-order valence-corrected chi connectivity index (χ0v) is 32.5. The molecule has 3 rings (SSSR count). The number of hydrogen-bond acceptors (Lipinski definition) is 9. The normalized spacial score (nSPS) is 29.9. The number of aryl methyl sites for hydroxylation is 1. The van der Waals surface area contributed by atoms with Crippen LogP contribution in [0.4, 0.5) is 10.5 Å². The number of carbonyl (C=O) groups excluding carboxylic acids is 4. The summed E-state index contributed by atoms with van der Waals surface area (Å²) in [6.45, 7) is 11.5. The van der Waals surface area contributed by atoms with Crippen molar-refractivity contribution in [3.05, 3.63) is 53.1 Å². The van der Waals surface area contributed by atoms with Crippen molar-refractivity contribution in [2.75, 3.05) is 26.1 Å². The molecule has 8 atom stereocenters. The van der Waals surface area contributed by atoms with Crippen LogP contribution in [0.3, 0.4) is 0 Å². The molecule has 3 amide bonds. The van der Waals surface area contributed by atoms with Crippen LogP contribution in [0.2, 0.25) is 0 Å². The van der Waals surface area contributed by atoms with E-state index in [1.54, 1.807) is 33.0 Å². The van der Waals surface area contributed by atoms with E-state index >= 15 is 0 Å². The van der Waals surface area contributed by atoms with Crippen LogP contribution in [0.5, 0.6) is 0 Å².